The van der Waals surface area contributed by atoms with Gasteiger partial charge in [0.25, 0.3) is 0 Å². The number of aliphatic hydroxyl groups is 3. The summed E-state index contributed by atoms with van der Waals surface area (Å²) in [6.07, 6.45) is -10.0. The van der Waals surface area contributed by atoms with Crippen molar-refractivity contribution in [3.63, 3.8) is 0 Å². The van der Waals surface area contributed by atoms with Gasteiger partial charge in [0.15, 0.2) is 30.0 Å². The van der Waals surface area contributed by atoms with Crippen molar-refractivity contribution in [3.05, 3.63) is 41.5 Å². The highest BCUT2D eigenvalue weighted by molar-refractivity contribution is 6.05. The molecule has 0 spiro atoms. The third-order valence-corrected chi connectivity index (χ3v) is 5.52. The summed E-state index contributed by atoms with van der Waals surface area (Å²) in [6, 6.07) is 5.72. The molecule has 2 heterocycles. The van der Waals surface area contributed by atoms with Crippen molar-refractivity contribution in [3.8, 4) is 28.7 Å². The lowest BCUT2D eigenvalue weighted by Crippen LogP contribution is -2.59. The number of carbonyl (C=O) groups is 1. The van der Waals surface area contributed by atoms with Gasteiger partial charge in [-0.1, -0.05) is 6.07 Å². The molecule has 172 valence electrons. The molecular formula is C21H22O11. The Morgan fingerprint density at radius 3 is 2.28 bits per heavy atom. The Kier molecular flexibility index (Phi) is 5.61. The number of phenols is 4. The van der Waals surface area contributed by atoms with Crippen LogP contribution in [0.4, 0.5) is 0 Å². The van der Waals surface area contributed by atoms with Gasteiger partial charge in [-0.15, -0.1) is 0 Å². The Bertz CT molecular complexity index is 1040. The molecule has 7 N–H and O–H groups in total. The van der Waals surface area contributed by atoms with Crippen LogP contribution in [0.2, 0.25) is 0 Å². The van der Waals surface area contributed by atoms with E-state index in [0.717, 1.165) is 18.2 Å². The van der Waals surface area contributed by atoms with Crippen LogP contribution in [0, 0.1) is 0 Å². The largest absolute Gasteiger partial charge is 0.508 e. The van der Waals surface area contributed by atoms with Gasteiger partial charge < -0.3 is 50.0 Å². The molecule has 0 saturated carbocycles. The first-order valence-corrected chi connectivity index (χ1v) is 9.72. The van der Waals surface area contributed by atoms with E-state index >= 15 is 0 Å². The van der Waals surface area contributed by atoms with Gasteiger partial charge >= 0.3 is 0 Å². The molecule has 1 saturated heterocycles. The standard InChI is InChI=1S/C21H22O11/c1-7-15(26)17(28)18(29)21(30-7)32-20-16(27)14-12(25)5-9(22)6-13(14)31-19(20)8-2-3-10(23)11(24)4-8/h2-7,15,17-26,28-29H,1H3/t7-,15-,17+,18+,19-,20+,21+/m0/s1. The number of hydrogen-bond donors (Lipinski definition) is 7. The van der Waals surface area contributed by atoms with Crippen LogP contribution in [-0.4, -0.2) is 78.3 Å². The number of Topliss-reactive ketones (excluding diaryl/α,β-unsaturated/α-hetero) is 1. The minimum absolute atomic E-state index is 0.154. The molecule has 1 fully saturated rings. The maximum Gasteiger partial charge on any atom is 0.203 e. The van der Waals surface area contributed by atoms with Crippen LogP contribution in [0.15, 0.2) is 30.3 Å². The number of phenolic OH excluding ortho intramolecular Hbond substituents is 4. The van der Waals surface area contributed by atoms with Crippen LogP contribution in [0.3, 0.4) is 0 Å². The van der Waals surface area contributed by atoms with Crippen LogP contribution in [0.1, 0.15) is 28.9 Å². The van der Waals surface area contributed by atoms with E-state index in [1.54, 1.807) is 0 Å². The maximum atomic E-state index is 13.3. The number of hydrogen-bond acceptors (Lipinski definition) is 11. The number of rotatable bonds is 3. The Morgan fingerprint density at radius 2 is 1.59 bits per heavy atom. The normalized spacial score (nSPS) is 32.2. The first-order chi connectivity index (χ1) is 15.1. The average Bonchev–Trinajstić information content (AvgIpc) is 2.73. The summed E-state index contributed by atoms with van der Waals surface area (Å²) in [5.41, 5.74) is -0.1000. The van der Waals surface area contributed by atoms with Gasteiger partial charge in [0.2, 0.25) is 5.78 Å². The molecule has 0 radical (unpaired) electrons. The van der Waals surface area contributed by atoms with Crippen molar-refractivity contribution < 1.29 is 54.8 Å². The summed E-state index contributed by atoms with van der Waals surface area (Å²) >= 11 is 0. The smallest absolute Gasteiger partial charge is 0.203 e. The van der Waals surface area contributed by atoms with Gasteiger partial charge in [-0.3, -0.25) is 4.79 Å². The van der Waals surface area contributed by atoms with E-state index in [4.69, 9.17) is 14.2 Å². The third-order valence-electron chi connectivity index (χ3n) is 5.52. The summed E-state index contributed by atoms with van der Waals surface area (Å²) < 4.78 is 16.9. The zero-order valence-corrected chi connectivity index (χ0v) is 16.7. The van der Waals surface area contributed by atoms with E-state index < -0.39 is 65.9 Å². The Balaban J connectivity index is 1.75. The molecule has 7 atom stereocenters. The van der Waals surface area contributed by atoms with Gasteiger partial charge in [-0.25, -0.2) is 0 Å². The Hall–Kier alpha value is -3.09. The molecule has 11 heteroatoms. The monoisotopic (exact) mass is 450 g/mol. The molecule has 2 aromatic carbocycles. The molecule has 0 amide bonds. The van der Waals surface area contributed by atoms with Crippen LogP contribution in [0.5, 0.6) is 28.7 Å². The molecule has 0 aliphatic carbocycles. The van der Waals surface area contributed by atoms with Gasteiger partial charge in [0.1, 0.15) is 41.1 Å². The van der Waals surface area contributed by atoms with Crippen LogP contribution in [-0.2, 0) is 9.47 Å². The zero-order valence-electron chi connectivity index (χ0n) is 16.7. The summed E-state index contributed by atoms with van der Waals surface area (Å²) in [5.74, 6) is -2.79. The molecule has 2 aromatic rings. The SMILES string of the molecule is C[C@@H]1O[C@H](O[C@@H]2C(=O)c3c(O)cc(O)cc3O[C@H]2c2ccc(O)c(O)c2)[C@H](O)[C@H](O)[C@H]1O. The minimum Gasteiger partial charge on any atom is -0.508 e. The molecule has 2 aliphatic heterocycles. The number of fused-ring (bicyclic) bond motifs is 1. The first kappa shape index (κ1) is 22.1. The summed E-state index contributed by atoms with van der Waals surface area (Å²) in [6.45, 7) is 1.44. The van der Waals surface area contributed by atoms with E-state index in [9.17, 15) is 40.5 Å². The minimum atomic E-state index is -1.71. The second kappa shape index (κ2) is 8.11. The lowest BCUT2D eigenvalue weighted by molar-refractivity contribution is -0.304. The van der Waals surface area contributed by atoms with E-state index in [0.29, 0.717) is 0 Å². The fourth-order valence-electron chi connectivity index (χ4n) is 3.77. The summed E-state index contributed by atoms with van der Waals surface area (Å²) in [5, 5.41) is 69.7. The molecule has 0 aromatic heterocycles. The van der Waals surface area contributed by atoms with Crippen molar-refractivity contribution >= 4 is 5.78 Å². The topological polar surface area (TPSA) is 186 Å². The number of ether oxygens (including phenoxy) is 3. The van der Waals surface area contributed by atoms with Crippen molar-refractivity contribution in [1.82, 2.24) is 0 Å². The third kappa shape index (κ3) is 3.70. The lowest BCUT2D eigenvalue weighted by Gasteiger charge is -2.42. The van der Waals surface area contributed by atoms with E-state index in [1.165, 1.54) is 19.1 Å². The predicted octanol–water partition coefficient (Wildman–Crippen LogP) is 0.0381. The van der Waals surface area contributed by atoms with Crippen molar-refractivity contribution in [1.29, 1.82) is 0 Å². The van der Waals surface area contributed by atoms with Crippen molar-refractivity contribution in [2.75, 3.05) is 0 Å². The van der Waals surface area contributed by atoms with Gasteiger partial charge in [-0.05, 0) is 24.6 Å². The highest BCUT2D eigenvalue weighted by atomic mass is 16.7. The summed E-state index contributed by atoms with van der Waals surface area (Å²) in [4.78, 5) is 13.3. The van der Waals surface area contributed by atoms with Crippen LogP contribution in [0.25, 0.3) is 0 Å². The second-order valence-electron chi connectivity index (χ2n) is 7.73. The number of benzene rings is 2. The number of aromatic hydroxyl groups is 4. The maximum absolute atomic E-state index is 13.3. The van der Waals surface area contributed by atoms with Crippen molar-refractivity contribution in [2.24, 2.45) is 0 Å². The van der Waals surface area contributed by atoms with Gasteiger partial charge in [0, 0.05) is 12.1 Å². The Labute approximate surface area is 181 Å². The number of carbonyl (C=O) groups excluding carboxylic acids is 1. The molecule has 32 heavy (non-hydrogen) atoms. The molecule has 0 bridgehead atoms. The number of aliphatic hydroxyl groups excluding tert-OH is 3. The molecule has 11 nitrogen and oxygen atoms in total. The second-order valence-corrected chi connectivity index (χ2v) is 7.73. The van der Waals surface area contributed by atoms with Crippen LogP contribution >= 0.6 is 0 Å². The van der Waals surface area contributed by atoms with E-state index in [1.807, 2.05) is 0 Å². The first-order valence-electron chi connectivity index (χ1n) is 9.72. The number of ketones is 1. The van der Waals surface area contributed by atoms with E-state index in [-0.39, 0.29) is 22.6 Å². The van der Waals surface area contributed by atoms with Gasteiger partial charge in [-0.2, -0.15) is 0 Å². The average molecular weight is 450 g/mol. The highest BCUT2D eigenvalue weighted by Crippen LogP contribution is 2.44. The predicted molar refractivity (Wildman–Crippen MR) is 104 cm³/mol. The fourth-order valence-corrected chi connectivity index (χ4v) is 3.77. The Morgan fingerprint density at radius 1 is 0.875 bits per heavy atom. The highest BCUT2D eigenvalue weighted by Gasteiger charge is 2.48. The fraction of sp³-hybridized carbons (Fsp3) is 0.381. The van der Waals surface area contributed by atoms with E-state index in [2.05, 4.69) is 0 Å². The summed E-state index contributed by atoms with van der Waals surface area (Å²) in [7, 11) is 0. The molecular weight excluding hydrogens is 428 g/mol. The van der Waals surface area contributed by atoms with Crippen molar-refractivity contribution in [2.45, 2.75) is 49.8 Å². The van der Waals surface area contributed by atoms with Crippen LogP contribution < -0.4 is 4.74 Å². The molecule has 0 unspecified atom stereocenters. The van der Waals surface area contributed by atoms with Gasteiger partial charge in [0.05, 0.1) is 6.10 Å². The zero-order chi connectivity index (χ0) is 23.3. The molecule has 2 aliphatic rings. The quantitative estimate of drug-likeness (QED) is 0.313. The molecule has 4 rings (SSSR count). The lowest BCUT2D eigenvalue weighted by atomic mass is 9.92.